The first-order chi connectivity index (χ1) is 7.79. The Balaban J connectivity index is 1.53. The van der Waals surface area contributed by atoms with Gasteiger partial charge in [-0.15, -0.1) is 0 Å². The summed E-state index contributed by atoms with van der Waals surface area (Å²) in [6.07, 6.45) is 19.4. The van der Waals surface area contributed by atoms with Crippen molar-refractivity contribution in [2.45, 2.75) is 38.5 Å². The molecule has 1 heterocycles. The van der Waals surface area contributed by atoms with Crippen LogP contribution in [0.25, 0.3) is 0 Å². The zero-order chi connectivity index (χ0) is 11.3. The molecule has 90 valence electrons. The maximum absolute atomic E-state index is 12.2. The van der Waals surface area contributed by atoms with Gasteiger partial charge >= 0.3 is 0 Å². The highest BCUT2D eigenvalue weighted by Gasteiger charge is 2.25. The quantitative estimate of drug-likeness (QED) is 0.493. The fourth-order valence-corrected chi connectivity index (χ4v) is 5.83. The number of hydrogen-bond donors (Lipinski definition) is 0. The van der Waals surface area contributed by atoms with Crippen LogP contribution in [-0.2, 0) is 4.57 Å². The van der Waals surface area contributed by atoms with E-state index in [2.05, 4.69) is 24.3 Å². The van der Waals surface area contributed by atoms with Crippen LogP contribution in [0.2, 0.25) is 0 Å². The summed E-state index contributed by atoms with van der Waals surface area (Å²) in [5, 5.41) is 0. The molecule has 0 spiro atoms. The van der Waals surface area contributed by atoms with Crippen molar-refractivity contribution in [3.63, 3.8) is 0 Å². The van der Waals surface area contributed by atoms with Crippen LogP contribution in [0.15, 0.2) is 24.3 Å². The summed E-state index contributed by atoms with van der Waals surface area (Å²) in [4.78, 5) is 0. The van der Waals surface area contributed by atoms with Gasteiger partial charge in [0.05, 0.1) is 7.14 Å². The van der Waals surface area contributed by atoms with Crippen molar-refractivity contribution in [1.29, 1.82) is 0 Å². The zero-order valence-electron chi connectivity index (χ0n) is 10.1. The molecule has 1 fully saturated rings. The van der Waals surface area contributed by atoms with E-state index in [1.54, 1.807) is 0 Å². The van der Waals surface area contributed by atoms with Gasteiger partial charge in [0.25, 0.3) is 0 Å². The minimum Gasteiger partial charge on any atom is -0.324 e. The minimum atomic E-state index is -1.66. The lowest BCUT2D eigenvalue weighted by Gasteiger charge is -2.10. The van der Waals surface area contributed by atoms with Gasteiger partial charge in [-0.3, -0.25) is 0 Å². The van der Waals surface area contributed by atoms with Crippen molar-refractivity contribution >= 4 is 7.14 Å². The van der Waals surface area contributed by atoms with E-state index in [-0.39, 0.29) is 0 Å². The molecule has 0 unspecified atom stereocenters. The Bertz CT molecular complexity index is 295. The van der Waals surface area contributed by atoms with Crippen molar-refractivity contribution in [3.05, 3.63) is 24.3 Å². The van der Waals surface area contributed by atoms with E-state index in [0.717, 1.165) is 18.5 Å². The van der Waals surface area contributed by atoms with E-state index < -0.39 is 7.14 Å². The van der Waals surface area contributed by atoms with Crippen molar-refractivity contribution < 1.29 is 4.57 Å². The van der Waals surface area contributed by atoms with Gasteiger partial charge in [0.15, 0.2) is 0 Å². The Morgan fingerprint density at radius 3 is 2.38 bits per heavy atom. The van der Waals surface area contributed by atoms with E-state index >= 15 is 0 Å². The number of rotatable bonds is 6. The molecule has 16 heavy (non-hydrogen) atoms. The molecule has 0 bridgehead atoms. The van der Waals surface area contributed by atoms with Crippen LogP contribution >= 0.6 is 7.14 Å². The molecule has 1 aliphatic heterocycles. The second kappa shape index (κ2) is 5.87. The van der Waals surface area contributed by atoms with Crippen LogP contribution in [0, 0.1) is 5.92 Å². The van der Waals surface area contributed by atoms with Gasteiger partial charge < -0.3 is 4.57 Å². The summed E-state index contributed by atoms with van der Waals surface area (Å²) >= 11 is 0. The smallest absolute Gasteiger partial charge is 0.0877 e. The van der Waals surface area contributed by atoms with Crippen LogP contribution in [0.3, 0.4) is 0 Å². The second-order valence-corrected chi connectivity index (χ2v) is 8.68. The van der Waals surface area contributed by atoms with Crippen LogP contribution in [0.5, 0.6) is 0 Å². The van der Waals surface area contributed by atoms with E-state index in [0.29, 0.717) is 5.92 Å². The van der Waals surface area contributed by atoms with Crippen molar-refractivity contribution in [2.75, 3.05) is 18.5 Å². The lowest BCUT2D eigenvalue weighted by molar-refractivity contribution is 0.570. The molecule has 1 saturated heterocycles. The molecular weight excluding hydrogens is 215 g/mol. The molecule has 0 N–H and O–H groups in total. The van der Waals surface area contributed by atoms with Gasteiger partial charge in [-0.05, 0) is 31.6 Å². The van der Waals surface area contributed by atoms with E-state index in [1.165, 1.54) is 38.5 Å². The highest BCUT2D eigenvalue weighted by atomic mass is 31.2. The summed E-state index contributed by atoms with van der Waals surface area (Å²) in [5.74, 6) is 0.683. The van der Waals surface area contributed by atoms with Gasteiger partial charge in [0, 0.05) is 18.5 Å². The topological polar surface area (TPSA) is 17.1 Å². The zero-order valence-corrected chi connectivity index (χ0v) is 11.0. The SMILES string of the molecule is O=P1(CCCCCC2C=CC=C2)CCCC1. The molecule has 1 nitrogen and oxygen atoms in total. The van der Waals surface area contributed by atoms with Crippen LogP contribution in [0.4, 0.5) is 0 Å². The fourth-order valence-electron chi connectivity index (χ4n) is 2.76. The third kappa shape index (κ3) is 3.63. The minimum absolute atomic E-state index is 0.683. The van der Waals surface area contributed by atoms with Gasteiger partial charge in [-0.1, -0.05) is 37.1 Å². The average Bonchev–Trinajstić information content (AvgIpc) is 2.89. The molecule has 0 atom stereocenters. The highest BCUT2D eigenvalue weighted by molar-refractivity contribution is 7.64. The summed E-state index contributed by atoms with van der Waals surface area (Å²) in [6.45, 7) is 0. The number of hydrogen-bond acceptors (Lipinski definition) is 1. The van der Waals surface area contributed by atoms with Crippen LogP contribution in [0.1, 0.15) is 38.5 Å². The van der Waals surface area contributed by atoms with E-state index in [1.807, 2.05) is 0 Å². The molecule has 0 aromatic heterocycles. The van der Waals surface area contributed by atoms with Gasteiger partial charge in [-0.2, -0.15) is 0 Å². The predicted octanol–water partition coefficient (Wildman–Crippen LogP) is 4.45. The number of allylic oxidation sites excluding steroid dienone is 4. The van der Waals surface area contributed by atoms with Gasteiger partial charge in [0.1, 0.15) is 0 Å². The summed E-state index contributed by atoms with van der Waals surface area (Å²) < 4.78 is 12.2. The maximum atomic E-state index is 12.2. The maximum Gasteiger partial charge on any atom is 0.0877 e. The van der Waals surface area contributed by atoms with Gasteiger partial charge in [0.2, 0.25) is 0 Å². The monoisotopic (exact) mass is 238 g/mol. The molecular formula is C14H23OP. The molecule has 2 heteroatoms. The summed E-state index contributed by atoms with van der Waals surface area (Å²) in [6, 6.07) is 0. The first-order valence-electron chi connectivity index (χ1n) is 6.71. The molecule has 0 radical (unpaired) electrons. The molecule has 1 aliphatic carbocycles. The third-order valence-electron chi connectivity index (χ3n) is 3.81. The van der Waals surface area contributed by atoms with E-state index in [9.17, 15) is 4.57 Å². The Morgan fingerprint density at radius 1 is 1.00 bits per heavy atom. The summed E-state index contributed by atoms with van der Waals surface area (Å²) in [7, 11) is -1.66. The Kier molecular flexibility index (Phi) is 4.46. The van der Waals surface area contributed by atoms with Crippen LogP contribution in [-0.4, -0.2) is 18.5 Å². The fraction of sp³-hybridized carbons (Fsp3) is 0.714. The van der Waals surface area contributed by atoms with Crippen molar-refractivity contribution in [3.8, 4) is 0 Å². The average molecular weight is 238 g/mol. The largest absolute Gasteiger partial charge is 0.324 e. The van der Waals surface area contributed by atoms with Crippen molar-refractivity contribution in [2.24, 2.45) is 5.92 Å². The third-order valence-corrected chi connectivity index (χ3v) is 7.21. The normalized spacial score (nSPS) is 23.2. The van der Waals surface area contributed by atoms with E-state index in [4.69, 9.17) is 0 Å². The molecule has 0 saturated carbocycles. The standard InChI is InChI=1S/C14H23OP/c15-16(12-6-7-13-16)11-5-1-2-8-14-9-3-4-10-14/h3-4,9-10,14H,1-2,5-8,11-13H2. The predicted molar refractivity (Wildman–Crippen MR) is 71.7 cm³/mol. The second-order valence-electron chi connectivity index (χ2n) is 5.22. The van der Waals surface area contributed by atoms with Crippen molar-refractivity contribution in [1.82, 2.24) is 0 Å². The molecule has 0 amide bonds. The summed E-state index contributed by atoms with van der Waals surface area (Å²) in [5.41, 5.74) is 0. The number of unbranched alkanes of at least 4 members (excludes halogenated alkanes) is 2. The molecule has 0 aromatic rings. The Hall–Kier alpha value is -0.290. The molecule has 2 rings (SSSR count). The van der Waals surface area contributed by atoms with Gasteiger partial charge in [-0.25, -0.2) is 0 Å². The van der Waals surface area contributed by atoms with Crippen LogP contribution < -0.4 is 0 Å². The Labute approximate surface area is 99.4 Å². The first kappa shape index (κ1) is 12.2. The highest BCUT2D eigenvalue weighted by Crippen LogP contribution is 2.52. The molecule has 0 aromatic carbocycles. The lowest BCUT2D eigenvalue weighted by atomic mass is 10.0. The molecule has 2 aliphatic rings. The first-order valence-corrected chi connectivity index (χ1v) is 8.97. The Morgan fingerprint density at radius 2 is 1.69 bits per heavy atom. The lowest BCUT2D eigenvalue weighted by Crippen LogP contribution is -1.94.